The lowest BCUT2D eigenvalue weighted by molar-refractivity contribution is 0.475. The first kappa shape index (κ1) is 12.4. The summed E-state index contributed by atoms with van der Waals surface area (Å²) in [6.07, 6.45) is 4.30. The van der Waals surface area contributed by atoms with Gasteiger partial charge < -0.3 is 5.11 Å². The van der Waals surface area contributed by atoms with E-state index in [2.05, 4.69) is 37.3 Å². The van der Waals surface area contributed by atoms with E-state index in [1.807, 2.05) is 18.2 Å². The Kier molecular flexibility index (Phi) is 4.19. The van der Waals surface area contributed by atoms with Crippen molar-refractivity contribution in [3.63, 3.8) is 0 Å². The van der Waals surface area contributed by atoms with Crippen molar-refractivity contribution in [2.75, 3.05) is 0 Å². The maximum Gasteiger partial charge on any atom is 0.116 e. The van der Waals surface area contributed by atoms with Gasteiger partial charge in [-0.3, -0.25) is 0 Å². The fourth-order valence-electron chi connectivity index (χ4n) is 2.04. The van der Waals surface area contributed by atoms with Crippen molar-refractivity contribution in [3.05, 3.63) is 65.7 Å². The smallest absolute Gasteiger partial charge is 0.116 e. The molecule has 0 spiro atoms. The molecule has 0 radical (unpaired) electrons. The lowest BCUT2D eigenvalue weighted by atomic mass is 9.99. The monoisotopic (exact) mass is 238 g/mol. The molecule has 2 aromatic rings. The van der Waals surface area contributed by atoms with E-state index in [-0.39, 0.29) is 0 Å². The molecule has 1 nitrogen and oxygen atoms in total. The number of benzene rings is 2. The Balaban J connectivity index is 2.36. The second-order valence-corrected chi connectivity index (χ2v) is 4.38. The average Bonchev–Trinajstić information content (AvgIpc) is 2.39. The zero-order valence-corrected chi connectivity index (χ0v) is 10.6. The first-order valence-electron chi connectivity index (χ1n) is 6.34. The molecule has 0 bridgehead atoms. The van der Waals surface area contributed by atoms with Gasteiger partial charge in [0.1, 0.15) is 5.75 Å². The van der Waals surface area contributed by atoms with Gasteiger partial charge in [-0.1, -0.05) is 61.9 Å². The van der Waals surface area contributed by atoms with Gasteiger partial charge in [-0.05, 0) is 35.3 Å². The molecule has 0 heterocycles. The number of rotatable bonds is 4. The molecule has 0 aromatic heterocycles. The van der Waals surface area contributed by atoms with E-state index in [0.29, 0.717) is 5.75 Å². The van der Waals surface area contributed by atoms with E-state index in [9.17, 15) is 5.11 Å². The molecule has 0 aliphatic carbocycles. The highest BCUT2D eigenvalue weighted by Crippen LogP contribution is 2.24. The van der Waals surface area contributed by atoms with Crippen molar-refractivity contribution in [1.29, 1.82) is 0 Å². The molecule has 18 heavy (non-hydrogen) atoms. The fourth-order valence-corrected chi connectivity index (χ4v) is 2.04. The number of allylic oxidation sites excluding steroid dienone is 1. The van der Waals surface area contributed by atoms with Crippen LogP contribution in [0.2, 0.25) is 0 Å². The molecule has 0 unspecified atom stereocenters. The van der Waals surface area contributed by atoms with Crippen LogP contribution in [0.4, 0.5) is 0 Å². The molecule has 0 aliphatic heterocycles. The van der Waals surface area contributed by atoms with Crippen molar-refractivity contribution in [1.82, 2.24) is 0 Å². The van der Waals surface area contributed by atoms with Gasteiger partial charge in [0.15, 0.2) is 0 Å². The van der Waals surface area contributed by atoms with Gasteiger partial charge in [-0.2, -0.15) is 0 Å². The Morgan fingerprint density at radius 3 is 2.50 bits per heavy atom. The van der Waals surface area contributed by atoms with Crippen molar-refractivity contribution in [2.45, 2.75) is 19.8 Å². The lowest BCUT2D eigenvalue weighted by Crippen LogP contribution is -1.84. The molecule has 2 aromatic carbocycles. The third-order valence-corrected chi connectivity index (χ3v) is 2.88. The van der Waals surface area contributed by atoms with Crippen molar-refractivity contribution in [3.8, 4) is 5.75 Å². The number of phenols is 1. The summed E-state index contributed by atoms with van der Waals surface area (Å²) >= 11 is 0. The molecule has 1 N–H and O–H groups in total. The Hall–Kier alpha value is -2.02. The van der Waals surface area contributed by atoms with Crippen molar-refractivity contribution < 1.29 is 5.11 Å². The molecular weight excluding hydrogens is 220 g/mol. The summed E-state index contributed by atoms with van der Waals surface area (Å²) in [5, 5.41) is 9.50. The van der Waals surface area contributed by atoms with Crippen LogP contribution in [0.3, 0.4) is 0 Å². The molecule has 92 valence electrons. The Morgan fingerprint density at radius 1 is 1.06 bits per heavy atom. The molecule has 0 fully saturated rings. The second-order valence-electron chi connectivity index (χ2n) is 4.38. The van der Waals surface area contributed by atoms with Crippen LogP contribution in [0, 0.1) is 0 Å². The summed E-state index contributed by atoms with van der Waals surface area (Å²) in [4.78, 5) is 0. The maximum absolute atomic E-state index is 9.50. The minimum atomic E-state index is 0.313. The van der Waals surface area contributed by atoms with E-state index in [4.69, 9.17) is 0 Å². The van der Waals surface area contributed by atoms with Gasteiger partial charge in [0, 0.05) is 0 Å². The van der Waals surface area contributed by atoms with E-state index in [0.717, 1.165) is 18.4 Å². The quantitative estimate of drug-likeness (QED) is 0.763. The van der Waals surface area contributed by atoms with Crippen LogP contribution in [0.25, 0.3) is 11.6 Å². The predicted octanol–water partition coefficient (Wildman–Crippen LogP) is 4.73. The molecule has 1 heteroatoms. The second kappa shape index (κ2) is 6.06. The topological polar surface area (TPSA) is 20.2 Å². The first-order valence-corrected chi connectivity index (χ1v) is 6.34. The first-order chi connectivity index (χ1) is 8.79. The number of aromatic hydroxyl groups is 1. The van der Waals surface area contributed by atoms with Crippen molar-refractivity contribution in [2.24, 2.45) is 0 Å². The molecule has 0 saturated heterocycles. The summed E-state index contributed by atoms with van der Waals surface area (Å²) in [7, 11) is 0. The van der Waals surface area contributed by atoms with Crippen LogP contribution in [0.1, 0.15) is 30.9 Å². The minimum absolute atomic E-state index is 0.313. The molecule has 0 amide bonds. The van der Waals surface area contributed by atoms with Crippen LogP contribution in [0.5, 0.6) is 5.75 Å². The Bertz CT molecular complexity index is 526. The van der Waals surface area contributed by atoms with E-state index >= 15 is 0 Å². The van der Waals surface area contributed by atoms with Gasteiger partial charge in [0.05, 0.1) is 0 Å². The van der Waals surface area contributed by atoms with Crippen LogP contribution in [0.15, 0.2) is 54.6 Å². The van der Waals surface area contributed by atoms with Gasteiger partial charge in [0.25, 0.3) is 0 Å². The highest BCUT2D eigenvalue weighted by molar-refractivity contribution is 5.81. The van der Waals surface area contributed by atoms with Gasteiger partial charge in [-0.25, -0.2) is 0 Å². The number of hydrogen-bond donors (Lipinski definition) is 1. The van der Waals surface area contributed by atoms with Gasteiger partial charge >= 0.3 is 0 Å². The van der Waals surface area contributed by atoms with Crippen molar-refractivity contribution >= 4 is 11.6 Å². The maximum atomic E-state index is 9.50. The summed E-state index contributed by atoms with van der Waals surface area (Å²) in [6, 6.07) is 17.8. The normalized spacial score (nSPS) is 11.5. The summed E-state index contributed by atoms with van der Waals surface area (Å²) in [5.74, 6) is 0.313. The van der Waals surface area contributed by atoms with E-state index in [1.54, 1.807) is 12.1 Å². The zero-order chi connectivity index (χ0) is 12.8. The molecular formula is C17H18O. The van der Waals surface area contributed by atoms with Gasteiger partial charge in [0.2, 0.25) is 0 Å². The van der Waals surface area contributed by atoms with Crippen LogP contribution in [-0.4, -0.2) is 5.11 Å². The highest BCUT2D eigenvalue weighted by atomic mass is 16.3. The Labute approximate surface area is 108 Å². The SMILES string of the molecule is CCC/C(=C\c1cccc(O)c1)c1ccccc1. The standard InChI is InChI=1S/C17H18O/c1-2-7-16(15-9-4-3-5-10-15)12-14-8-6-11-17(18)13-14/h3-6,8-13,18H,2,7H2,1H3/b16-12+. The summed E-state index contributed by atoms with van der Waals surface area (Å²) < 4.78 is 0. The largest absolute Gasteiger partial charge is 0.508 e. The highest BCUT2D eigenvalue weighted by Gasteiger charge is 2.00. The lowest BCUT2D eigenvalue weighted by Gasteiger charge is -2.07. The molecule has 0 atom stereocenters. The minimum Gasteiger partial charge on any atom is -0.508 e. The van der Waals surface area contributed by atoms with Crippen LogP contribution in [-0.2, 0) is 0 Å². The third kappa shape index (κ3) is 3.24. The summed E-state index contributed by atoms with van der Waals surface area (Å²) in [5.41, 5.74) is 3.61. The van der Waals surface area contributed by atoms with Crippen LogP contribution < -0.4 is 0 Å². The average molecular weight is 238 g/mol. The van der Waals surface area contributed by atoms with E-state index < -0.39 is 0 Å². The van der Waals surface area contributed by atoms with E-state index in [1.165, 1.54) is 11.1 Å². The Morgan fingerprint density at radius 2 is 1.83 bits per heavy atom. The predicted molar refractivity (Wildman–Crippen MR) is 77.3 cm³/mol. The van der Waals surface area contributed by atoms with Crippen LogP contribution >= 0.6 is 0 Å². The zero-order valence-electron chi connectivity index (χ0n) is 10.6. The molecule has 0 saturated carbocycles. The number of hydrogen-bond acceptors (Lipinski definition) is 1. The number of phenolic OH excluding ortho intramolecular Hbond substituents is 1. The molecule has 0 aliphatic rings. The third-order valence-electron chi connectivity index (χ3n) is 2.88. The summed E-state index contributed by atoms with van der Waals surface area (Å²) in [6.45, 7) is 2.18. The molecule has 2 rings (SSSR count). The van der Waals surface area contributed by atoms with Gasteiger partial charge in [-0.15, -0.1) is 0 Å². The fraction of sp³-hybridized carbons (Fsp3) is 0.176.